The van der Waals surface area contributed by atoms with Crippen LogP contribution >= 0.6 is 0 Å². The zero-order valence-corrected chi connectivity index (χ0v) is 11.5. The Morgan fingerprint density at radius 3 is 3.26 bits per heavy atom. The molecule has 0 aromatic carbocycles. The van der Waals surface area contributed by atoms with Crippen molar-refractivity contribution >= 4 is 0 Å². The number of pyridine rings is 1. The highest BCUT2D eigenvalue weighted by Gasteiger charge is 2.56. The minimum absolute atomic E-state index is 0.0867. The third kappa shape index (κ3) is 1.49. The molecule has 0 amide bonds. The SMILES string of the molecule is C[C@H]1C[C@@]23NCCC[C@@H]2[C@H](Cc2ncccc23)[C@@H]1O. The Morgan fingerprint density at radius 1 is 1.47 bits per heavy atom. The van der Waals surface area contributed by atoms with Crippen molar-refractivity contribution in [3.63, 3.8) is 0 Å². The van der Waals surface area contributed by atoms with Crippen LogP contribution < -0.4 is 5.32 Å². The van der Waals surface area contributed by atoms with Gasteiger partial charge >= 0.3 is 0 Å². The first kappa shape index (κ1) is 11.9. The van der Waals surface area contributed by atoms with Gasteiger partial charge in [0, 0.05) is 17.4 Å². The number of rotatable bonds is 0. The summed E-state index contributed by atoms with van der Waals surface area (Å²) in [4.78, 5) is 4.60. The number of aromatic nitrogens is 1. The van der Waals surface area contributed by atoms with Gasteiger partial charge in [-0.25, -0.2) is 0 Å². The molecule has 1 saturated heterocycles. The fraction of sp³-hybridized carbons (Fsp3) is 0.688. The standard InChI is InChI=1S/C16H22N2O/c1-10-9-16-12(4-3-7-18-16)11(15(10)19)8-14-13(16)5-2-6-17-14/h2,5-6,10-12,15,18-19H,3-4,7-9H2,1H3/t10-,11-,12+,15+,16+/m0/s1. The molecule has 4 rings (SSSR count). The smallest absolute Gasteiger partial charge is 0.0601 e. The zero-order chi connectivity index (χ0) is 13.0. The number of hydrogen-bond donors (Lipinski definition) is 2. The zero-order valence-electron chi connectivity index (χ0n) is 11.5. The van der Waals surface area contributed by atoms with Crippen molar-refractivity contribution in [3.05, 3.63) is 29.6 Å². The Labute approximate surface area is 114 Å². The monoisotopic (exact) mass is 258 g/mol. The van der Waals surface area contributed by atoms with Crippen LogP contribution in [0.4, 0.5) is 0 Å². The van der Waals surface area contributed by atoms with E-state index in [1.54, 1.807) is 0 Å². The van der Waals surface area contributed by atoms with Gasteiger partial charge in [0.15, 0.2) is 0 Å². The van der Waals surface area contributed by atoms with Gasteiger partial charge in [0.1, 0.15) is 0 Å². The summed E-state index contributed by atoms with van der Waals surface area (Å²) in [7, 11) is 0. The fourth-order valence-electron chi connectivity index (χ4n) is 5.00. The molecule has 2 heterocycles. The molecule has 3 nitrogen and oxygen atoms in total. The number of nitrogens with zero attached hydrogens (tertiary/aromatic N) is 1. The van der Waals surface area contributed by atoms with E-state index in [1.165, 1.54) is 24.1 Å². The highest BCUT2D eigenvalue weighted by atomic mass is 16.3. The van der Waals surface area contributed by atoms with Gasteiger partial charge in [0.2, 0.25) is 0 Å². The molecule has 0 spiro atoms. The third-order valence-corrected chi connectivity index (χ3v) is 5.75. The highest BCUT2D eigenvalue weighted by Crippen LogP contribution is 2.55. The second-order valence-electron chi connectivity index (χ2n) is 6.68. The molecular formula is C16H22N2O. The maximum Gasteiger partial charge on any atom is 0.0601 e. The van der Waals surface area contributed by atoms with Gasteiger partial charge in [0.05, 0.1) is 6.10 Å². The molecule has 5 atom stereocenters. The predicted octanol–water partition coefficient (Wildman–Crippen LogP) is 1.85. The van der Waals surface area contributed by atoms with Gasteiger partial charge in [-0.1, -0.05) is 13.0 Å². The molecule has 2 aliphatic carbocycles. The average Bonchev–Trinajstić information content (AvgIpc) is 2.44. The van der Waals surface area contributed by atoms with E-state index in [9.17, 15) is 5.11 Å². The van der Waals surface area contributed by atoms with E-state index < -0.39 is 0 Å². The van der Waals surface area contributed by atoms with Crippen molar-refractivity contribution in [2.45, 2.75) is 44.2 Å². The van der Waals surface area contributed by atoms with Gasteiger partial charge in [0.25, 0.3) is 0 Å². The Bertz CT molecular complexity index is 503. The van der Waals surface area contributed by atoms with Crippen molar-refractivity contribution in [1.29, 1.82) is 0 Å². The largest absolute Gasteiger partial charge is 0.393 e. The summed E-state index contributed by atoms with van der Waals surface area (Å²) >= 11 is 0. The molecule has 2 N–H and O–H groups in total. The van der Waals surface area contributed by atoms with Crippen LogP contribution in [0.5, 0.6) is 0 Å². The molecule has 102 valence electrons. The van der Waals surface area contributed by atoms with Gasteiger partial charge in [-0.2, -0.15) is 0 Å². The Hall–Kier alpha value is -0.930. The molecule has 2 fully saturated rings. The van der Waals surface area contributed by atoms with Gasteiger partial charge < -0.3 is 10.4 Å². The minimum Gasteiger partial charge on any atom is -0.393 e. The fourth-order valence-corrected chi connectivity index (χ4v) is 5.00. The van der Waals surface area contributed by atoms with Crippen molar-refractivity contribution in [3.8, 4) is 0 Å². The number of hydrogen-bond acceptors (Lipinski definition) is 3. The molecule has 2 bridgehead atoms. The number of aliphatic hydroxyl groups excluding tert-OH is 1. The summed E-state index contributed by atoms with van der Waals surface area (Å²) in [6, 6.07) is 4.32. The number of piperidine rings is 1. The van der Waals surface area contributed by atoms with Crippen molar-refractivity contribution in [2.75, 3.05) is 6.54 Å². The lowest BCUT2D eigenvalue weighted by atomic mass is 9.53. The van der Waals surface area contributed by atoms with Gasteiger partial charge in [-0.05, 0) is 61.6 Å². The summed E-state index contributed by atoms with van der Waals surface area (Å²) in [5.41, 5.74) is 2.71. The molecule has 19 heavy (non-hydrogen) atoms. The first-order chi connectivity index (χ1) is 9.22. The van der Waals surface area contributed by atoms with Gasteiger partial charge in [-0.3, -0.25) is 4.98 Å². The first-order valence-electron chi connectivity index (χ1n) is 7.60. The molecule has 0 unspecified atom stereocenters. The minimum atomic E-state index is -0.159. The summed E-state index contributed by atoms with van der Waals surface area (Å²) < 4.78 is 0. The van der Waals surface area contributed by atoms with Crippen LogP contribution in [0.1, 0.15) is 37.4 Å². The van der Waals surface area contributed by atoms with E-state index in [0.717, 1.165) is 19.4 Å². The topological polar surface area (TPSA) is 45.2 Å². The molecule has 3 heteroatoms. The van der Waals surface area contributed by atoms with Crippen LogP contribution in [0.15, 0.2) is 18.3 Å². The Kier molecular flexibility index (Phi) is 2.52. The molecular weight excluding hydrogens is 236 g/mol. The van der Waals surface area contributed by atoms with Crippen LogP contribution in [-0.4, -0.2) is 22.7 Å². The van der Waals surface area contributed by atoms with Crippen molar-refractivity contribution < 1.29 is 5.11 Å². The van der Waals surface area contributed by atoms with Crippen LogP contribution in [0.3, 0.4) is 0 Å². The van der Waals surface area contributed by atoms with E-state index >= 15 is 0 Å². The maximum atomic E-state index is 10.6. The van der Waals surface area contributed by atoms with E-state index in [-0.39, 0.29) is 11.6 Å². The Balaban J connectivity index is 1.90. The quantitative estimate of drug-likeness (QED) is 0.746. The summed E-state index contributed by atoms with van der Waals surface area (Å²) in [6.45, 7) is 3.30. The second-order valence-corrected chi connectivity index (χ2v) is 6.68. The normalized spacial score (nSPS) is 44.3. The molecule has 1 saturated carbocycles. The molecule has 1 aromatic heterocycles. The van der Waals surface area contributed by atoms with Crippen molar-refractivity contribution in [2.24, 2.45) is 17.8 Å². The van der Waals surface area contributed by atoms with Crippen LogP contribution in [-0.2, 0) is 12.0 Å². The van der Waals surface area contributed by atoms with E-state index in [1.807, 2.05) is 6.20 Å². The lowest BCUT2D eigenvalue weighted by molar-refractivity contribution is -0.0846. The van der Waals surface area contributed by atoms with Crippen LogP contribution in [0, 0.1) is 17.8 Å². The average molecular weight is 258 g/mol. The lowest BCUT2D eigenvalue weighted by Gasteiger charge is -2.58. The van der Waals surface area contributed by atoms with Crippen LogP contribution in [0.25, 0.3) is 0 Å². The van der Waals surface area contributed by atoms with Crippen molar-refractivity contribution in [1.82, 2.24) is 10.3 Å². The maximum absolute atomic E-state index is 10.6. The van der Waals surface area contributed by atoms with E-state index in [0.29, 0.717) is 17.8 Å². The molecule has 0 radical (unpaired) electrons. The molecule has 1 aromatic rings. The Morgan fingerprint density at radius 2 is 2.37 bits per heavy atom. The number of aliphatic hydroxyl groups is 1. The predicted molar refractivity (Wildman–Crippen MR) is 73.6 cm³/mol. The lowest BCUT2D eigenvalue weighted by Crippen LogP contribution is -2.64. The van der Waals surface area contributed by atoms with E-state index in [4.69, 9.17) is 0 Å². The van der Waals surface area contributed by atoms with E-state index in [2.05, 4.69) is 29.4 Å². The summed E-state index contributed by atoms with van der Waals surface area (Å²) in [5, 5.41) is 14.4. The highest BCUT2D eigenvalue weighted by molar-refractivity contribution is 5.36. The van der Waals surface area contributed by atoms with Gasteiger partial charge in [-0.15, -0.1) is 0 Å². The molecule has 3 aliphatic rings. The number of fused-ring (bicyclic) bond motifs is 1. The third-order valence-electron chi connectivity index (χ3n) is 5.75. The summed E-state index contributed by atoms with van der Waals surface area (Å²) in [6.07, 6.45) is 6.22. The second kappa shape index (κ2) is 4.03. The first-order valence-corrected chi connectivity index (χ1v) is 7.60. The number of nitrogens with one attached hydrogen (secondary N) is 1. The van der Waals surface area contributed by atoms with Crippen LogP contribution in [0.2, 0.25) is 0 Å². The molecule has 1 aliphatic heterocycles. The summed E-state index contributed by atoms with van der Waals surface area (Å²) in [5.74, 6) is 1.35.